The summed E-state index contributed by atoms with van der Waals surface area (Å²) < 4.78 is 2.04. The fraction of sp³-hybridized carbons (Fsp3) is 0.226. The standard InChI is InChI=1S/C29H26N6O.C2H6/c1-2-19-10-12-21(13-11-19)35-28(23-8-4-16-31-27(23)30)33-25-15-14-24(32-29(25)35)20-6-3-7-22(18-20)34-17-5-9-26(34)36;1-2/h3-4,6-8,10-16,18H,2,5,9,17H2,1H3,(H2,30,31);1-2H3. The highest BCUT2D eigenvalue weighted by molar-refractivity contribution is 5.96. The van der Waals surface area contributed by atoms with Crippen LogP contribution in [-0.2, 0) is 11.2 Å². The maximum absolute atomic E-state index is 12.3. The molecule has 0 spiro atoms. The van der Waals surface area contributed by atoms with Crippen molar-refractivity contribution < 1.29 is 4.79 Å². The highest BCUT2D eigenvalue weighted by Crippen LogP contribution is 2.33. The second-order valence-electron chi connectivity index (χ2n) is 8.97. The number of imidazole rings is 1. The number of rotatable bonds is 5. The van der Waals surface area contributed by atoms with Crippen LogP contribution in [0.1, 0.15) is 39.2 Å². The Morgan fingerprint density at radius 3 is 2.45 bits per heavy atom. The van der Waals surface area contributed by atoms with Crippen LogP contribution in [0.2, 0.25) is 0 Å². The Hall–Kier alpha value is -4.52. The van der Waals surface area contributed by atoms with Crippen molar-refractivity contribution in [3.63, 3.8) is 0 Å². The molecule has 0 saturated carbocycles. The number of carbonyl (C=O) groups is 1. The highest BCUT2D eigenvalue weighted by atomic mass is 16.2. The number of benzene rings is 2. The first-order valence-corrected chi connectivity index (χ1v) is 13.2. The summed E-state index contributed by atoms with van der Waals surface area (Å²) in [5.74, 6) is 1.28. The van der Waals surface area contributed by atoms with E-state index in [2.05, 4.69) is 36.2 Å². The van der Waals surface area contributed by atoms with Crippen LogP contribution in [0.4, 0.5) is 11.5 Å². The van der Waals surface area contributed by atoms with Crippen molar-refractivity contribution in [3.8, 4) is 28.3 Å². The molecule has 1 saturated heterocycles. The number of carbonyl (C=O) groups excluding carboxylic acids is 1. The lowest BCUT2D eigenvalue weighted by molar-refractivity contribution is -0.117. The van der Waals surface area contributed by atoms with Gasteiger partial charge in [-0.3, -0.25) is 9.36 Å². The number of aromatic nitrogens is 4. The number of amides is 1. The Kier molecular flexibility index (Phi) is 7.18. The topological polar surface area (TPSA) is 89.9 Å². The van der Waals surface area contributed by atoms with E-state index in [1.807, 2.05) is 71.8 Å². The summed E-state index contributed by atoms with van der Waals surface area (Å²) in [5.41, 5.74) is 13.4. The fourth-order valence-corrected chi connectivity index (χ4v) is 4.78. The molecule has 1 amide bonds. The quantitative estimate of drug-likeness (QED) is 0.297. The monoisotopic (exact) mass is 504 g/mol. The second kappa shape index (κ2) is 10.8. The van der Waals surface area contributed by atoms with Gasteiger partial charge < -0.3 is 10.6 Å². The third-order valence-electron chi connectivity index (χ3n) is 6.71. The van der Waals surface area contributed by atoms with E-state index >= 15 is 0 Å². The van der Waals surface area contributed by atoms with E-state index in [0.717, 1.165) is 58.7 Å². The van der Waals surface area contributed by atoms with Gasteiger partial charge in [-0.1, -0.05) is 45.0 Å². The Morgan fingerprint density at radius 2 is 1.74 bits per heavy atom. The van der Waals surface area contributed by atoms with Crippen LogP contribution in [0, 0.1) is 0 Å². The minimum Gasteiger partial charge on any atom is -0.383 e. The van der Waals surface area contributed by atoms with Crippen LogP contribution in [0.3, 0.4) is 0 Å². The minimum atomic E-state index is 0.169. The lowest BCUT2D eigenvalue weighted by atomic mass is 10.1. The van der Waals surface area contributed by atoms with E-state index in [1.165, 1.54) is 5.56 Å². The van der Waals surface area contributed by atoms with Gasteiger partial charge in [0.25, 0.3) is 0 Å². The number of aryl methyl sites for hydroxylation is 1. The predicted molar refractivity (Wildman–Crippen MR) is 154 cm³/mol. The third-order valence-corrected chi connectivity index (χ3v) is 6.71. The van der Waals surface area contributed by atoms with Crippen LogP contribution in [0.15, 0.2) is 79.0 Å². The van der Waals surface area contributed by atoms with Crippen molar-refractivity contribution in [2.45, 2.75) is 40.0 Å². The first kappa shape index (κ1) is 25.1. The van der Waals surface area contributed by atoms with Crippen molar-refractivity contribution in [3.05, 3.63) is 84.6 Å². The van der Waals surface area contributed by atoms with E-state index in [-0.39, 0.29) is 5.91 Å². The van der Waals surface area contributed by atoms with Gasteiger partial charge in [-0.25, -0.2) is 15.0 Å². The second-order valence-corrected chi connectivity index (χ2v) is 8.97. The largest absolute Gasteiger partial charge is 0.383 e. The zero-order valence-corrected chi connectivity index (χ0v) is 22.1. The number of pyridine rings is 2. The van der Waals surface area contributed by atoms with Gasteiger partial charge in [-0.2, -0.15) is 0 Å². The predicted octanol–water partition coefficient (Wildman–Crippen LogP) is 6.45. The molecule has 192 valence electrons. The summed E-state index contributed by atoms with van der Waals surface area (Å²) in [7, 11) is 0. The van der Waals surface area contributed by atoms with Gasteiger partial charge >= 0.3 is 0 Å². The highest BCUT2D eigenvalue weighted by Gasteiger charge is 2.22. The Bertz CT molecular complexity index is 1590. The number of hydrogen-bond donors (Lipinski definition) is 1. The van der Waals surface area contributed by atoms with Gasteiger partial charge in [0, 0.05) is 36.1 Å². The maximum atomic E-state index is 12.3. The summed E-state index contributed by atoms with van der Waals surface area (Å²) in [5, 5.41) is 0. The molecule has 1 aliphatic heterocycles. The Labute approximate surface area is 223 Å². The smallest absolute Gasteiger partial charge is 0.227 e. The molecule has 7 heteroatoms. The first-order chi connectivity index (χ1) is 18.6. The van der Waals surface area contributed by atoms with Crippen LogP contribution in [0.5, 0.6) is 0 Å². The van der Waals surface area contributed by atoms with Crippen LogP contribution in [-0.4, -0.2) is 32.0 Å². The van der Waals surface area contributed by atoms with Crippen molar-refractivity contribution in [2.75, 3.05) is 17.2 Å². The molecule has 0 unspecified atom stereocenters. The van der Waals surface area contributed by atoms with E-state index < -0.39 is 0 Å². The molecule has 3 aromatic heterocycles. The summed E-state index contributed by atoms with van der Waals surface area (Å²) in [6.45, 7) is 6.90. The fourth-order valence-electron chi connectivity index (χ4n) is 4.78. The van der Waals surface area contributed by atoms with Gasteiger partial charge in [-0.05, 0) is 66.9 Å². The molecule has 0 aliphatic carbocycles. The molecule has 1 fully saturated rings. The van der Waals surface area contributed by atoms with E-state index in [1.54, 1.807) is 6.20 Å². The molecule has 0 radical (unpaired) electrons. The molecule has 0 atom stereocenters. The van der Waals surface area contributed by atoms with E-state index in [0.29, 0.717) is 18.1 Å². The summed E-state index contributed by atoms with van der Waals surface area (Å²) in [4.78, 5) is 28.4. The average Bonchev–Trinajstić information content (AvgIpc) is 3.57. The SMILES string of the molecule is CC.CCc1ccc(-n2c(-c3cccnc3N)nc3ccc(-c4cccc(N5CCCC5=O)c4)nc32)cc1. The molecular formula is C31H32N6O. The normalized spacial score (nSPS) is 13.0. The summed E-state index contributed by atoms with van der Waals surface area (Å²) in [6, 6.07) is 24.2. The minimum absolute atomic E-state index is 0.169. The van der Waals surface area contributed by atoms with E-state index in [4.69, 9.17) is 15.7 Å². The number of anilines is 2. The number of fused-ring (bicyclic) bond motifs is 1. The lowest BCUT2D eigenvalue weighted by Crippen LogP contribution is -2.23. The lowest BCUT2D eigenvalue weighted by Gasteiger charge is -2.16. The molecular weight excluding hydrogens is 472 g/mol. The number of hydrogen-bond acceptors (Lipinski definition) is 5. The number of nitrogens with two attached hydrogens (primary N) is 1. The molecule has 4 heterocycles. The van der Waals surface area contributed by atoms with E-state index in [9.17, 15) is 4.79 Å². The average molecular weight is 505 g/mol. The Morgan fingerprint density at radius 1 is 0.921 bits per heavy atom. The molecule has 2 aromatic carbocycles. The van der Waals surface area contributed by atoms with Gasteiger partial charge in [0.15, 0.2) is 11.5 Å². The van der Waals surface area contributed by atoms with Gasteiger partial charge in [0.2, 0.25) is 5.91 Å². The van der Waals surface area contributed by atoms with Crippen LogP contribution < -0.4 is 10.6 Å². The molecule has 2 N–H and O–H groups in total. The van der Waals surface area contributed by atoms with Crippen LogP contribution in [0.25, 0.3) is 39.5 Å². The molecule has 1 aliphatic rings. The number of nitrogen functional groups attached to an aromatic ring is 1. The Balaban J connectivity index is 0.00000144. The van der Waals surface area contributed by atoms with Crippen molar-refractivity contribution in [2.24, 2.45) is 0 Å². The number of nitrogens with zero attached hydrogens (tertiary/aromatic N) is 5. The zero-order valence-electron chi connectivity index (χ0n) is 22.1. The third kappa shape index (κ3) is 4.63. The van der Waals surface area contributed by atoms with Crippen molar-refractivity contribution in [1.82, 2.24) is 19.5 Å². The molecule has 5 aromatic rings. The van der Waals surface area contributed by atoms with Gasteiger partial charge in [0.1, 0.15) is 11.3 Å². The van der Waals surface area contributed by atoms with Gasteiger partial charge in [-0.15, -0.1) is 0 Å². The van der Waals surface area contributed by atoms with Crippen molar-refractivity contribution in [1.29, 1.82) is 0 Å². The van der Waals surface area contributed by atoms with Gasteiger partial charge in [0.05, 0.1) is 11.3 Å². The summed E-state index contributed by atoms with van der Waals surface area (Å²) in [6.07, 6.45) is 4.14. The molecule has 38 heavy (non-hydrogen) atoms. The first-order valence-electron chi connectivity index (χ1n) is 13.2. The molecule has 7 nitrogen and oxygen atoms in total. The van der Waals surface area contributed by atoms with Crippen molar-refractivity contribution >= 4 is 28.6 Å². The molecule has 0 bridgehead atoms. The molecule has 6 rings (SSSR count). The maximum Gasteiger partial charge on any atom is 0.227 e. The summed E-state index contributed by atoms with van der Waals surface area (Å²) >= 11 is 0. The zero-order chi connectivity index (χ0) is 26.6. The van der Waals surface area contributed by atoms with Crippen LogP contribution >= 0.6 is 0 Å².